The van der Waals surface area contributed by atoms with E-state index in [1.54, 1.807) is 6.92 Å². The van der Waals surface area contributed by atoms with Crippen LogP contribution >= 0.6 is 12.2 Å². The van der Waals surface area contributed by atoms with Crippen molar-refractivity contribution in [3.05, 3.63) is 65.7 Å². The van der Waals surface area contributed by atoms with E-state index in [9.17, 15) is 23.2 Å². The summed E-state index contributed by atoms with van der Waals surface area (Å²) in [5.41, 5.74) is 1.50. The summed E-state index contributed by atoms with van der Waals surface area (Å²) in [6, 6.07) is 14.2. The van der Waals surface area contributed by atoms with Crippen LogP contribution in [0.1, 0.15) is 18.1 Å². The molecule has 0 aliphatic rings. The number of hydrogen-bond acceptors (Lipinski definition) is 3. The van der Waals surface area contributed by atoms with E-state index in [1.807, 2.05) is 36.5 Å². The van der Waals surface area contributed by atoms with E-state index in [2.05, 4.69) is 10.6 Å². The van der Waals surface area contributed by atoms with Gasteiger partial charge in [-0.2, -0.15) is 18.4 Å². The first-order valence-corrected chi connectivity index (χ1v) is 9.61. The van der Waals surface area contributed by atoms with Crippen LogP contribution in [0.2, 0.25) is 0 Å². The number of thiocarbonyl (C=S) groups is 1. The predicted octanol–water partition coefficient (Wildman–Crippen LogP) is 4.02. The summed E-state index contributed by atoms with van der Waals surface area (Å²) in [6.07, 6.45) is -3.12. The highest BCUT2D eigenvalue weighted by Crippen LogP contribution is 2.22. The van der Waals surface area contributed by atoms with Crippen LogP contribution in [0.4, 0.5) is 18.9 Å². The van der Waals surface area contributed by atoms with Gasteiger partial charge in [0, 0.05) is 18.7 Å². The number of benzene rings is 2. The van der Waals surface area contributed by atoms with Crippen LogP contribution in [-0.4, -0.2) is 34.7 Å². The molecule has 1 amide bonds. The smallest absolute Gasteiger partial charge is 0.350 e. The first-order valence-electron chi connectivity index (χ1n) is 9.20. The molecule has 2 N–H and O–H groups in total. The van der Waals surface area contributed by atoms with Crippen molar-refractivity contribution in [1.29, 1.82) is 5.26 Å². The van der Waals surface area contributed by atoms with Crippen LogP contribution in [-0.2, 0) is 17.6 Å². The van der Waals surface area contributed by atoms with Crippen molar-refractivity contribution in [2.24, 2.45) is 0 Å². The van der Waals surface area contributed by atoms with Gasteiger partial charge in [0.1, 0.15) is 6.04 Å². The van der Waals surface area contributed by atoms with Crippen molar-refractivity contribution in [2.75, 3.05) is 11.9 Å². The zero-order valence-corrected chi connectivity index (χ0v) is 17.1. The number of nitrogens with zero attached hydrogens (tertiary/aromatic N) is 2. The van der Waals surface area contributed by atoms with Crippen molar-refractivity contribution in [1.82, 2.24) is 10.2 Å². The van der Waals surface area contributed by atoms with Gasteiger partial charge < -0.3 is 10.6 Å². The normalized spacial score (nSPS) is 11.8. The zero-order chi connectivity index (χ0) is 22.1. The fraction of sp³-hybridized carbons (Fsp3) is 0.286. The van der Waals surface area contributed by atoms with Crippen LogP contribution < -0.4 is 10.6 Å². The molecule has 0 spiro atoms. The van der Waals surface area contributed by atoms with Crippen molar-refractivity contribution < 1.29 is 18.0 Å². The van der Waals surface area contributed by atoms with Crippen LogP contribution in [0.5, 0.6) is 0 Å². The van der Waals surface area contributed by atoms with Gasteiger partial charge in [0.25, 0.3) is 5.91 Å². The molecule has 158 valence electrons. The minimum Gasteiger partial charge on any atom is -0.350 e. The van der Waals surface area contributed by atoms with E-state index in [4.69, 9.17) is 12.2 Å². The molecule has 9 heteroatoms. The number of halogens is 3. The minimum atomic E-state index is -4.28. The molecular formula is C21H21F3N4OS. The van der Waals surface area contributed by atoms with E-state index in [0.29, 0.717) is 12.1 Å². The van der Waals surface area contributed by atoms with E-state index < -0.39 is 24.5 Å². The first-order chi connectivity index (χ1) is 14.2. The lowest BCUT2D eigenvalue weighted by atomic mass is 10.0. The molecule has 2 aromatic carbocycles. The summed E-state index contributed by atoms with van der Waals surface area (Å²) in [4.78, 5) is 13.8. The molecule has 1 unspecified atom stereocenters. The Morgan fingerprint density at radius 3 is 2.30 bits per heavy atom. The fourth-order valence-corrected chi connectivity index (χ4v) is 3.04. The second kappa shape index (κ2) is 10.6. The lowest BCUT2D eigenvalue weighted by Crippen LogP contribution is -2.49. The van der Waals surface area contributed by atoms with Gasteiger partial charge in [0.2, 0.25) is 0 Å². The summed E-state index contributed by atoms with van der Waals surface area (Å²) in [6.45, 7) is 1.92. The van der Waals surface area contributed by atoms with E-state index in [-0.39, 0.29) is 17.2 Å². The van der Waals surface area contributed by atoms with Crippen molar-refractivity contribution >= 4 is 28.9 Å². The number of amides is 1. The maximum atomic E-state index is 12.7. The average molecular weight is 434 g/mol. The Hall–Kier alpha value is -3.12. The lowest BCUT2D eigenvalue weighted by Gasteiger charge is -2.23. The second-order valence-electron chi connectivity index (χ2n) is 6.51. The van der Waals surface area contributed by atoms with Crippen LogP contribution in [0.15, 0.2) is 54.6 Å². The third-order valence-corrected chi connectivity index (χ3v) is 4.43. The molecule has 0 saturated heterocycles. The molecule has 0 bridgehead atoms. The molecule has 0 saturated carbocycles. The summed E-state index contributed by atoms with van der Waals surface area (Å²) < 4.78 is 37.4. The molecule has 2 aromatic rings. The predicted molar refractivity (Wildman–Crippen MR) is 112 cm³/mol. The molecule has 0 fully saturated rings. The van der Waals surface area contributed by atoms with Gasteiger partial charge in [-0.25, -0.2) is 4.90 Å². The number of likely N-dealkylation sites (N-methyl/N-ethyl adjacent to an activating group) is 1. The number of carbonyl (C=O) groups excluding carboxylic acids is 1. The van der Waals surface area contributed by atoms with E-state index >= 15 is 0 Å². The van der Waals surface area contributed by atoms with E-state index in [1.165, 1.54) is 24.3 Å². The number of carbonyl (C=O) groups is 1. The molecule has 0 heterocycles. The first kappa shape index (κ1) is 23.2. The Bertz CT molecular complexity index is 895. The van der Waals surface area contributed by atoms with Gasteiger partial charge in [-0.1, -0.05) is 42.5 Å². The van der Waals surface area contributed by atoms with E-state index in [0.717, 1.165) is 10.5 Å². The molecule has 5 nitrogen and oxygen atoms in total. The minimum absolute atomic E-state index is 0.127. The molecule has 2 rings (SSSR count). The highest BCUT2D eigenvalue weighted by molar-refractivity contribution is 7.80. The molecule has 0 aliphatic carbocycles. The van der Waals surface area contributed by atoms with Crippen molar-refractivity contribution in [3.63, 3.8) is 0 Å². The van der Waals surface area contributed by atoms with Crippen molar-refractivity contribution in [3.8, 4) is 6.19 Å². The van der Waals surface area contributed by atoms with Gasteiger partial charge in [-0.15, -0.1) is 0 Å². The third kappa shape index (κ3) is 7.37. The summed E-state index contributed by atoms with van der Waals surface area (Å²) in [5.74, 6) is -0.423. The van der Waals surface area contributed by atoms with Gasteiger partial charge in [0.15, 0.2) is 11.3 Å². The summed E-state index contributed by atoms with van der Waals surface area (Å²) in [7, 11) is 0. The summed E-state index contributed by atoms with van der Waals surface area (Å²) in [5, 5.41) is 15.1. The van der Waals surface area contributed by atoms with Gasteiger partial charge in [0.05, 0.1) is 6.42 Å². The van der Waals surface area contributed by atoms with Gasteiger partial charge >= 0.3 is 6.18 Å². The molecule has 0 radical (unpaired) electrons. The quantitative estimate of drug-likeness (QED) is 0.391. The molecule has 30 heavy (non-hydrogen) atoms. The SMILES string of the molecule is CCN(C#N)C(=O)C(Cc1ccccc1)NC(=S)Nc1ccc(CC(F)(F)F)cc1. The topological polar surface area (TPSA) is 68.2 Å². The average Bonchev–Trinajstić information content (AvgIpc) is 2.69. The number of anilines is 1. The molecule has 0 aliphatic heterocycles. The Labute approximate surface area is 178 Å². The largest absolute Gasteiger partial charge is 0.393 e. The Kier molecular flexibility index (Phi) is 8.18. The zero-order valence-electron chi connectivity index (χ0n) is 16.2. The third-order valence-electron chi connectivity index (χ3n) is 4.21. The lowest BCUT2D eigenvalue weighted by molar-refractivity contribution is -0.130. The van der Waals surface area contributed by atoms with Gasteiger partial charge in [-0.3, -0.25) is 4.79 Å². The highest BCUT2D eigenvalue weighted by Gasteiger charge is 2.27. The fourth-order valence-electron chi connectivity index (χ4n) is 2.78. The van der Waals surface area contributed by atoms with Crippen LogP contribution in [0.3, 0.4) is 0 Å². The summed E-state index contributed by atoms with van der Waals surface area (Å²) >= 11 is 5.27. The number of nitrogens with one attached hydrogen (secondary N) is 2. The number of alkyl halides is 3. The number of rotatable bonds is 7. The van der Waals surface area contributed by atoms with Crippen molar-refractivity contribution in [2.45, 2.75) is 32.0 Å². The Balaban J connectivity index is 2.08. The molecule has 0 aromatic heterocycles. The Morgan fingerprint density at radius 2 is 1.77 bits per heavy atom. The highest BCUT2D eigenvalue weighted by atomic mass is 32.1. The maximum absolute atomic E-state index is 12.7. The number of hydrogen-bond donors (Lipinski definition) is 2. The molecular weight excluding hydrogens is 413 g/mol. The number of nitriles is 1. The monoisotopic (exact) mass is 434 g/mol. The van der Waals surface area contributed by atoms with Crippen LogP contribution in [0, 0.1) is 11.5 Å². The Morgan fingerprint density at radius 1 is 1.13 bits per heavy atom. The standard InChI is InChI=1S/C21H21F3N4OS/c1-2-28(14-25)19(29)18(12-15-6-4-3-5-7-15)27-20(30)26-17-10-8-16(9-11-17)13-21(22,23)24/h3-11,18H,2,12-13H2,1H3,(H2,26,27,30). The maximum Gasteiger partial charge on any atom is 0.393 e. The second-order valence-corrected chi connectivity index (χ2v) is 6.92. The van der Waals surface area contributed by atoms with Crippen LogP contribution in [0.25, 0.3) is 0 Å². The van der Waals surface area contributed by atoms with Gasteiger partial charge in [-0.05, 0) is 42.4 Å². The molecule has 1 atom stereocenters.